The molecule has 2 rings (SSSR count). The van der Waals surface area contributed by atoms with Gasteiger partial charge in [-0.2, -0.15) is 0 Å². The zero-order chi connectivity index (χ0) is 22.5. The number of rotatable bonds is 14. The van der Waals surface area contributed by atoms with E-state index in [1.54, 1.807) is 17.9 Å². The highest BCUT2D eigenvalue weighted by atomic mass is 16.5. The molecule has 0 atom stereocenters. The zero-order valence-electron chi connectivity index (χ0n) is 19.3. The summed E-state index contributed by atoms with van der Waals surface area (Å²) >= 11 is 0. The van der Waals surface area contributed by atoms with Crippen molar-refractivity contribution >= 4 is 17.6 Å². The monoisotopic (exact) mass is 427 g/mol. The Morgan fingerprint density at radius 2 is 1.65 bits per heavy atom. The van der Waals surface area contributed by atoms with Gasteiger partial charge in [0.15, 0.2) is 5.82 Å². The summed E-state index contributed by atoms with van der Waals surface area (Å²) in [7, 11) is 0. The molecule has 1 aromatic heterocycles. The van der Waals surface area contributed by atoms with E-state index in [9.17, 15) is 9.59 Å². The molecule has 6 heteroatoms. The molecule has 31 heavy (non-hydrogen) atoms. The molecule has 170 valence electrons. The number of amides is 2. The lowest BCUT2D eigenvalue weighted by molar-refractivity contribution is -0.117. The third-order valence-corrected chi connectivity index (χ3v) is 5.32. The number of carbonyl (C=O) groups is 2. The van der Waals surface area contributed by atoms with E-state index in [0.29, 0.717) is 23.7 Å². The molecule has 0 fully saturated rings. The van der Waals surface area contributed by atoms with Crippen LogP contribution in [-0.4, -0.2) is 35.0 Å². The Hall–Kier alpha value is -2.63. The highest BCUT2D eigenvalue weighted by molar-refractivity contribution is 5.99. The van der Waals surface area contributed by atoms with E-state index in [2.05, 4.69) is 24.3 Å². The van der Waals surface area contributed by atoms with Crippen LogP contribution >= 0.6 is 0 Å². The number of carbonyl (C=O) groups excluding carboxylic acids is 2. The van der Waals surface area contributed by atoms with Crippen molar-refractivity contribution in [1.29, 1.82) is 0 Å². The number of aryl methyl sites for hydroxylation is 2. The van der Waals surface area contributed by atoms with E-state index in [1.165, 1.54) is 31.2 Å². The fourth-order valence-corrected chi connectivity index (χ4v) is 3.52. The summed E-state index contributed by atoms with van der Waals surface area (Å²) in [6.45, 7) is 6.68. The van der Waals surface area contributed by atoms with E-state index in [0.717, 1.165) is 32.1 Å². The normalized spacial score (nSPS) is 10.8. The van der Waals surface area contributed by atoms with Crippen molar-refractivity contribution < 1.29 is 14.1 Å². The number of nitrogens with one attached hydrogen (secondary N) is 1. The van der Waals surface area contributed by atoms with Crippen molar-refractivity contribution in [1.82, 2.24) is 10.1 Å². The molecular formula is C25H37N3O3. The van der Waals surface area contributed by atoms with E-state index in [4.69, 9.17) is 4.52 Å². The van der Waals surface area contributed by atoms with Gasteiger partial charge in [0, 0.05) is 18.2 Å². The first-order chi connectivity index (χ1) is 15.0. The van der Waals surface area contributed by atoms with Gasteiger partial charge < -0.3 is 14.7 Å². The topological polar surface area (TPSA) is 75.4 Å². The molecule has 1 aromatic carbocycles. The van der Waals surface area contributed by atoms with E-state index >= 15 is 0 Å². The van der Waals surface area contributed by atoms with Crippen molar-refractivity contribution in [3.63, 3.8) is 0 Å². The average molecular weight is 428 g/mol. The molecule has 0 saturated carbocycles. The Morgan fingerprint density at radius 1 is 0.968 bits per heavy atom. The summed E-state index contributed by atoms with van der Waals surface area (Å²) in [5.41, 5.74) is 1.87. The van der Waals surface area contributed by atoms with Crippen molar-refractivity contribution in [3.05, 3.63) is 47.2 Å². The quantitative estimate of drug-likeness (QED) is 0.389. The lowest BCUT2D eigenvalue weighted by Crippen LogP contribution is -2.38. The van der Waals surface area contributed by atoms with Gasteiger partial charge in [0.25, 0.3) is 5.91 Å². The van der Waals surface area contributed by atoms with Gasteiger partial charge in [-0.05, 0) is 43.9 Å². The van der Waals surface area contributed by atoms with Gasteiger partial charge in [0.1, 0.15) is 12.3 Å². The molecule has 1 N–H and O–H groups in total. The highest BCUT2D eigenvalue weighted by Crippen LogP contribution is 2.13. The van der Waals surface area contributed by atoms with E-state index in [-0.39, 0.29) is 18.4 Å². The van der Waals surface area contributed by atoms with Crippen LogP contribution in [-0.2, 0) is 11.2 Å². The van der Waals surface area contributed by atoms with Crippen LogP contribution in [0.2, 0.25) is 0 Å². The van der Waals surface area contributed by atoms with Crippen LogP contribution in [0.15, 0.2) is 34.9 Å². The van der Waals surface area contributed by atoms with Crippen LogP contribution in [0.25, 0.3) is 0 Å². The van der Waals surface area contributed by atoms with Crippen molar-refractivity contribution in [3.8, 4) is 0 Å². The van der Waals surface area contributed by atoms with Crippen LogP contribution in [0, 0.1) is 6.92 Å². The standard InChI is InChI=1S/C25H37N3O3/c1-4-6-8-10-12-21-13-15-22(16-14-21)25(30)28(17-11-9-7-5-2)19-24(29)26-23-18-20(3)31-27-23/h13-16,18H,4-12,17,19H2,1-3H3,(H,26,27,29). The largest absolute Gasteiger partial charge is 0.360 e. The maximum absolute atomic E-state index is 13.1. The maximum Gasteiger partial charge on any atom is 0.254 e. The molecule has 0 aliphatic heterocycles. The van der Waals surface area contributed by atoms with Gasteiger partial charge in [0.2, 0.25) is 5.91 Å². The van der Waals surface area contributed by atoms with Gasteiger partial charge in [-0.25, -0.2) is 0 Å². The average Bonchev–Trinajstić information content (AvgIpc) is 3.17. The van der Waals surface area contributed by atoms with Crippen molar-refractivity contribution in [2.75, 3.05) is 18.4 Å². The smallest absolute Gasteiger partial charge is 0.254 e. The lowest BCUT2D eigenvalue weighted by Gasteiger charge is -2.22. The van der Waals surface area contributed by atoms with Crippen LogP contribution in [0.4, 0.5) is 5.82 Å². The number of benzene rings is 1. The molecule has 0 spiro atoms. The van der Waals surface area contributed by atoms with Crippen LogP contribution < -0.4 is 5.32 Å². The van der Waals surface area contributed by atoms with Crippen LogP contribution in [0.1, 0.15) is 86.9 Å². The van der Waals surface area contributed by atoms with E-state index in [1.807, 2.05) is 24.3 Å². The molecule has 0 aliphatic rings. The maximum atomic E-state index is 13.1. The molecule has 2 aromatic rings. The van der Waals surface area contributed by atoms with E-state index < -0.39 is 0 Å². The summed E-state index contributed by atoms with van der Waals surface area (Å²) in [5.74, 6) is 0.607. The van der Waals surface area contributed by atoms with Gasteiger partial charge in [-0.1, -0.05) is 69.7 Å². The SMILES string of the molecule is CCCCCCc1ccc(C(=O)N(CCCCCC)CC(=O)Nc2cc(C)on2)cc1. The number of nitrogens with zero attached hydrogens (tertiary/aromatic N) is 2. The van der Waals surface area contributed by atoms with Crippen molar-refractivity contribution in [2.24, 2.45) is 0 Å². The first kappa shape index (κ1) is 24.6. The number of aromatic nitrogens is 1. The molecule has 6 nitrogen and oxygen atoms in total. The third-order valence-electron chi connectivity index (χ3n) is 5.32. The predicted molar refractivity (Wildman–Crippen MR) is 124 cm³/mol. The van der Waals surface area contributed by atoms with Crippen molar-refractivity contribution in [2.45, 2.75) is 78.6 Å². The first-order valence-electron chi connectivity index (χ1n) is 11.6. The number of hydrogen-bond donors (Lipinski definition) is 1. The van der Waals surface area contributed by atoms with Crippen LogP contribution in [0.5, 0.6) is 0 Å². The Balaban J connectivity index is 1.98. The Morgan fingerprint density at radius 3 is 2.26 bits per heavy atom. The number of anilines is 1. The summed E-state index contributed by atoms with van der Waals surface area (Å²) < 4.78 is 4.99. The summed E-state index contributed by atoms with van der Waals surface area (Å²) in [4.78, 5) is 27.3. The fourth-order valence-electron chi connectivity index (χ4n) is 3.52. The second-order valence-electron chi connectivity index (χ2n) is 8.17. The second-order valence-corrected chi connectivity index (χ2v) is 8.17. The molecule has 0 bridgehead atoms. The molecule has 1 heterocycles. The van der Waals surface area contributed by atoms with Gasteiger partial charge >= 0.3 is 0 Å². The summed E-state index contributed by atoms with van der Waals surface area (Å²) in [6, 6.07) is 9.49. The molecule has 0 unspecified atom stereocenters. The minimum absolute atomic E-state index is 0.00433. The Labute approximate surface area is 186 Å². The van der Waals surface area contributed by atoms with Gasteiger partial charge in [-0.3, -0.25) is 9.59 Å². The minimum atomic E-state index is -0.273. The lowest BCUT2D eigenvalue weighted by atomic mass is 10.0. The van der Waals surface area contributed by atoms with Gasteiger partial charge in [-0.15, -0.1) is 0 Å². The molecule has 2 amide bonds. The third kappa shape index (κ3) is 8.95. The highest BCUT2D eigenvalue weighted by Gasteiger charge is 2.19. The van der Waals surface area contributed by atoms with Gasteiger partial charge in [0.05, 0.1) is 0 Å². The Bertz CT molecular complexity index is 799. The number of unbranched alkanes of at least 4 members (excludes halogenated alkanes) is 6. The molecule has 0 radical (unpaired) electrons. The Kier molecular flexibility index (Phi) is 10.8. The zero-order valence-corrected chi connectivity index (χ0v) is 19.3. The number of hydrogen-bond acceptors (Lipinski definition) is 4. The second kappa shape index (κ2) is 13.6. The molecule has 0 saturated heterocycles. The summed E-state index contributed by atoms with van der Waals surface area (Å²) in [6.07, 6.45) is 10.1. The fraction of sp³-hybridized carbons (Fsp3) is 0.560. The predicted octanol–water partition coefficient (Wildman–Crippen LogP) is 5.77. The van der Waals surface area contributed by atoms with Crippen LogP contribution in [0.3, 0.4) is 0 Å². The first-order valence-corrected chi connectivity index (χ1v) is 11.6. The minimum Gasteiger partial charge on any atom is -0.360 e. The molecular weight excluding hydrogens is 390 g/mol. The summed E-state index contributed by atoms with van der Waals surface area (Å²) in [5, 5.41) is 6.49. The molecule has 0 aliphatic carbocycles.